The van der Waals surface area contributed by atoms with Crippen molar-refractivity contribution in [2.45, 2.75) is 13.0 Å². The Labute approximate surface area is 222 Å². The lowest BCUT2D eigenvalue weighted by Gasteiger charge is -2.14. The van der Waals surface area contributed by atoms with E-state index in [0.29, 0.717) is 22.4 Å². The number of benzene rings is 4. The van der Waals surface area contributed by atoms with E-state index in [1.807, 2.05) is 72.8 Å². The number of hydrogen-bond acceptors (Lipinski definition) is 5. The van der Waals surface area contributed by atoms with Crippen molar-refractivity contribution in [3.05, 3.63) is 113 Å². The van der Waals surface area contributed by atoms with Crippen LogP contribution in [0.5, 0.6) is 0 Å². The predicted molar refractivity (Wildman–Crippen MR) is 148 cm³/mol. The minimum absolute atomic E-state index is 0.288. The second-order valence-electron chi connectivity index (χ2n) is 8.40. The zero-order chi connectivity index (χ0) is 25.8. The van der Waals surface area contributed by atoms with Gasteiger partial charge in [-0.2, -0.15) is 0 Å². The molecule has 1 heterocycles. The molecule has 1 amide bonds. The number of nitrogens with zero attached hydrogens (tertiary/aromatic N) is 2. The molecule has 1 unspecified atom stereocenters. The van der Waals surface area contributed by atoms with Gasteiger partial charge in [0.2, 0.25) is 0 Å². The molecular formula is C30H22BrN3O3. The molecule has 0 aliphatic rings. The molecule has 0 aliphatic heterocycles. The molecule has 37 heavy (non-hydrogen) atoms. The molecule has 0 radical (unpaired) electrons. The van der Waals surface area contributed by atoms with Gasteiger partial charge in [-0.1, -0.05) is 76.6 Å². The lowest BCUT2D eigenvalue weighted by atomic mass is 10.0. The van der Waals surface area contributed by atoms with Gasteiger partial charge in [0, 0.05) is 21.3 Å². The van der Waals surface area contributed by atoms with Gasteiger partial charge in [0.15, 0.2) is 6.10 Å². The number of amides is 1. The monoisotopic (exact) mass is 551 g/mol. The highest BCUT2D eigenvalue weighted by molar-refractivity contribution is 9.10. The Hall–Kier alpha value is -4.36. The molecule has 0 saturated heterocycles. The average Bonchev–Trinajstić information content (AvgIpc) is 2.94. The zero-order valence-electron chi connectivity index (χ0n) is 19.9. The van der Waals surface area contributed by atoms with Crippen LogP contribution in [0.15, 0.2) is 108 Å². The molecule has 1 atom stereocenters. The number of hydrogen-bond donors (Lipinski definition) is 1. The maximum absolute atomic E-state index is 12.9. The number of aromatic nitrogens is 2. The second kappa shape index (κ2) is 10.7. The van der Waals surface area contributed by atoms with Crippen molar-refractivity contribution in [1.29, 1.82) is 0 Å². The van der Waals surface area contributed by atoms with Gasteiger partial charge in [-0.3, -0.25) is 4.79 Å². The van der Waals surface area contributed by atoms with Gasteiger partial charge in [0.05, 0.1) is 28.0 Å². The maximum atomic E-state index is 12.9. The number of ether oxygens (including phenoxy) is 1. The minimum Gasteiger partial charge on any atom is -0.449 e. The first-order valence-electron chi connectivity index (χ1n) is 11.7. The van der Waals surface area contributed by atoms with Gasteiger partial charge < -0.3 is 10.1 Å². The first kappa shape index (κ1) is 24.3. The molecule has 0 spiro atoms. The Balaban J connectivity index is 1.42. The van der Waals surface area contributed by atoms with E-state index < -0.39 is 18.0 Å². The summed E-state index contributed by atoms with van der Waals surface area (Å²) >= 11 is 3.36. The van der Waals surface area contributed by atoms with E-state index in [1.54, 1.807) is 30.3 Å². The minimum atomic E-state index is -0.988. The molecule has 0 bridgehead atoms. The molecule has 5 aromatic rings. The van der Waals surface area contributed by atoms with Gasteiger partial charge >= 0.3 is 5.97 Å². The number of esters is 1. The van der Waals surface area contributed by atoms with Crippen LogP contribution < -0.4 is 5.32 Å². The summed E-state index contributed by atoms with van der Waals surface area (Å²) in [4.78, 5) is 35.2. The molecule has 0 fully saturated rings. The maximum Gasteiger partial charge on any atom is 0.338 e. The number of carbonyl (C=O) groups is 2. The highest BCUT2D eigenvalue weighted by atomic mass is 79.9. The summed E-state index contributed by atoms with van der Waals surface area (Å²) in [6, 6.07) is 31.8. The van der Waals surface area contributed by atoms with E-state index in [0.717, 1.165) is 21.3 Å². The van der Waals surface area contributed by atoms with Crippen LogP contribution in [0.25, 0.3) is 33.5 Å². The molecule has 182 valence electrons. The normalized spacial score (nSPS) is 11.6. The molecule has 7 heteroatoms. The fourth-order valence-corrected chi connectivity index (χ4v) is 4.10. The third kappa shape index (κ3) is 5.57. The van der Waals surface area contributed by atoms with Crippen molar-refractivity contribution in [1.82, 2.24) is 9.97 Å². The largest absolute Gasteiger partial charge is 0.449 e. The summed E-state index contributed by atoms with van der Waals surface area (Å²) in [7, 11) is 0. The summed E-state index contributed by atoms with van der Waals surface area (Å²) in [5.41, 5.74) is 5.44. The van der Waals surface area contributed by atoms with Crippen LogP contribution in [-0.4, -0.2) is 27.9 Å². The Morgan fingerprint density at radius 3 is 1.92 bits per heavy atom. The number of fused-ring (bicyclic) bond motifs is 1. The fraction of sp³-hybridized carbons (Fsp3) is 0.0667. The summed E-state index contributed by atoms with van der Waals surface area (Å²) in [5, 5.41) is 2.74. The van der Waals surface area contributed by atoms with Crippen LogP contribution in [0.1, 0.15) is 17.3 Å². The summed E-state index contributed by atoms with van der Waals surface area (Å²) < 4.78 is 6.34. The van der Waals surface area contributed by atoms with Crippen molar-refractivity contribution in [2.24, 2.45) is 0 Å². The average molecular weight is 552 g/mol. The number of anilines is 1. The van der Waals surface area contributed by atoms with E-state index in [-0.39, 0.29) is 5.56 Å². The smallest absolute Gasteiger partial charge is 0.338 e. The van der Waals surface area contributed by atoms with Gasteiger partial charge in [0.1, 0.15) is 0 Å². The van der Waals surface area contributed by atoms with Crippen molar-refractivity contribution < 1.29 is 14.3 Å². The standard InChI is InChI=1S/C30H22BrN3O3/c1-19(29(35)32-24-15-13-23(31)14-16-24)37-30(36)22-12-17-25-26(18-22)34-28(21-10-6-3-7-11-21)27(33-25)20-8-4-2-5-9-20/h2-19H,1H3,(H,32,35). The number of rotatable bonds is 6. The topological polar surface area (TPSA) is 81.2 Å². The van der Waals surface area contributed by atoms with E-state index in [2.05, 4.69) is 21.2 Å². The van der Waals surface area contributed by atoms with Gasteiger partial charge in [-0.25, -0.2) is 14.8 Å². The predicted octanol–water partition coefficient (Wildman–Crippen LogP) is 6.91. The molecular weight excluding hydrogens is 530 g/mol. The summed E-state index contributed by atoms with van der Waals surface area (Å²) in [5.74, 6) is -1.04. The van der Waals surface area contributed by atoms with Gasteiger partial charge in [0.25, 0.3) is 5.91 Å². The van der Waals surface area contributed by atoms with Crippen molar-refractivity contribution in [3.8, 4) is 22.5 Å². The Kier molecular flexibility index (Phi) is 7.05. The number of carbonyl (C=O) groups excluding carboxylic acids is 2. The van der Waals surface area contributed by atoms with E-state index >= 15 is 0 Å². The third-order valence-electron chi connectivity index (χ3n) is 5.76. The zero-order valence-corrected chi connectivity index (χ0v) is 21.5. The fourth-order valence-electron chi connectivity index (χ4n) is 3.84. The Bertz CT molecular complexity index is 1570. The van der Waals surface area contributed by atoms with E-state index in [9.17, 15) is 9.59 Å². The van der Waals surface area contributed by atoms with Crippen molar-refractivity contribution >= 4 is 44.5 Å². The van der Waals surface area contributed by atoms with Gasteiger partial charge in [-0.05, 0) is 49.4 Å². The van der Waals surface area contributed by atoms with Crippen LogP contribution in [-0.2, 0) is 9.53 Å². The molecule has 1 N–H and O–H groups in total. The first-order valence-corrected chi connectivity index (χ1v) is 12.5. The van der Waals surface area contributed by atoms with Crippen molar-refractivity contribution in [2.75, 3.05) is 5.32 Å². The van der Waals surface area contributed by atoms with Crippen molar-refractivity contribution in [3.63, 3.8) is 0 Å². The summed E-state index contributed by atoms with van der Waals surface area (Å²) in [6.45, 7) is 1.53. The molecule has 0 aliphatic carbocycles. The van der Waals surface area contributed by atoms with Crippen LogP contribution in [0.3, 0.4) is 0 Å². The van der Waals surface area contributed by atoms with Crippen LogP contribution in [0, 0.1) is 0 Å². The van der Waals surface area contributed by atoms with Crippen LogP contribution in [0.4, 0.5) is 5.69 Å². The molecule has 5 rings (SSSR count). The quantitative estimate of drug-likeness (QED) is 0.232. The molecule has 1 aromatic heterocycles. The molecule has 6 nitrogen and oxygen atoms in total. The van der Waals surface area contributed by atoms with Gasteiger partial charge in [-0.15, -0.1) is 0 Å². The molecule has 4 aromatic carbocycles. The van der Waals surface area contributed by atoms with E-state index in [1.165, 1.54) is 6.92 Å². The molecule has 0 saturated carbocycles. The lowest BCUT2D eigenvalue weighted by Crippen LogP contribution is -2.30. The SMILES string of the molecule is CC(OC(=O)c1ccc2nc(-c3ccccc3)c(-c3ccccc3)nc2c1)C(=O)Nc1ccc(Br)cc1. The first-order chi connectivity index (χ1) is 18.0. The summed E-state index contributed by atoms with van der Waals surface area (Å²) in [6.07, 6.45) is -0.988. The third-order valence-corrected chi connectivity index (χ3v) is 6.29. The van der Waals surface area contributed by atoms with Crippen LogP contribution >= 0.6 is 15.9 Å². The number of halogens is 1. The Morgan fingerprint density at radius 1 is 0.757 bits per heavy atom. The highest BCUT2D eigenvalue weighted by Crippen LogP contribution is 2.31. The lowest BCUT2D eigenvalue weighted by molar-refractivity contribution is -0.123. The second-order valence-corrected chi connectivity index (χ2v) is 9.32. The highest BCUT2D eigenvalue weighted by Gasteiger charge is 2.20. The Morgan fingerprint density at radius 2 is 1.32 bits per heavy atom. The van der Waals surface area contributed by atoms with Crippen LogP contribution in [0.2, 0.25) is 0 Å². The number of nitrogens with one attached hydrogen (secondary N) is 1. The van der Waals surface area contributed by atoms with E-state index in [4.69, 9.17) is 14.7 Å².